The Morgan fingerprint density at radius 1 is 0.468 bits per heavy atom. The summed E-state index contributed by atoms with van der Waals surface area (Å²) >= 11 is 0. The van der Waals surface area contributed by atoms with Gasteiger partial charge in [0.05, 0.1) is 11.4 Å². The van der Waals surface area contributed by atoms with Crippen molar-refractivity contribution in [3.63, 3.8) is 0 Å². The Hall–Kier alpha value is -5.86. The van der Waals surface area contributed by atoms with Crippen LogP contribution in [0, 0.1) is 0 Å². The van der Waals surface area contributed by atoms with Gasteiger partial charge < -0.3 is 10.0 Å². The van der Waals surface area contributed by atoms with Gasteiger partial charge in [-0.1, -0.05) is 129 Å². The Bertz CT molecular complexity index is 2720. The molecule has 47 heavy (non-hydrogen) atoms. The van der Waals surface area contributed by atoms with Crippen LogP contribution in [0.2, 0.25) is 0 Å². The maximum Gasteiger partial charge on any atom is 0.123 e. The molecule has 0 atom stereocenters. The highest BCUT2D eigenvalue weighted by Gasteiger charge is 2.35. The second-order valence-corrected chi connectivity index (χ2v) is 13.5. The van der Waals surface area contributed by atoms with Crippen molar-refractivity contribution in [2.75, 3.05) is 4.90 Å². The van der Waals surface area contributed by atoms with Crippen molar-refractivity contribution in [1.29, 1.82) is 0 Å². The predicted molar refractivity (Wildman–Crippen MR) is 199 cm³/mol. The molecule has 0 unspecified atom stereocenters. The number of benzene rings is 9. The average molecular weight is 602 g/mol. The van der Waals surface area contributed by atoms with Crippen molar-refractivity contribution >= 4 is 70.9 Å². The maximum atomic E-state index is 10.9. The molecule has 0 bridgehead atoms. The zero-order valence-corrected chi connectivity index (χ0v) is 26.3. The molecule has 1 aliphatic rings. The monoisotopic (exact) mass is 601 g/mol. The van der Waals surface area contributed by atoms with Crippen molar-refractivity contribution in [1.82, 2.24) is 0 Å². The number of phenolic OH excluding ortho intramolecular Hbond substituents is 1. The number of aromatic hydroxyl groups is 1. The first-order valence-electron chi connectivity index (χ1n) is 16.3. The number of rotatable bonds is 4. The molecular weight excluding hydrogens is 571 g/mol. The zero-order chi connectivity index (χ0) is 31.4. The lowest BCUT2D eigenvalue weighted by molar-refractivity contribution is 0.482. The van der Waals surface area contributed by atoms with Crippen LogP contribution in [-0.4, -0.2) is 5.11 Å². The van der Waals surface area contributed by atoms with E-state index in [9.17, 15) is 5.11 Å². The molecule has 2 nitrogen and oxygen atoms in total. The van der Waals surface area contributed by atoms with E-state index < -0.39 is 0 Å². The Morgan fingerprint density at radius 2 is 1.11 bits per heavy atom. The topological polar surface area (TPSA) is 23.5 Å². The third-order valence-corrected chi connectivity index (χ3v) is 10.6. The molecule has 0 fully saturated rings. The van der Waals surface area contributed by atoms with Gasteiger partial charge in [0.25, 0.3) is 0 Å². The molecule has 0 aliphatic heterocycles. The van der Waals surface area contributed by atoms with Crippen LogP contribution in [0.3, 0.4) is 0 Å². The molecule has 0 saturated heterocycles. The van der Waals surface area contributed by atoms with Crippen LogP contribution >= 0.6 is 0 Å². The molecule has 0 heterocycles. The van der Waals surface area contributed by atoms with Gasteiger partial charge >= 0.3 is 0 Å². The van der Waals surface area contributed by atoms with Gasteiger partial charge in [0, 0.05) is 32.8 Å². The van der Waals surface area contributed by atoms with Crippen LogP contribution in [0.5, 0.6) is 5.75 Å². The van der Waals surface area contributed by atoms with E-state index in [1.165, 1.54) is 54.6 Å². The van der Waals surface area contributed by atoms with Gasteiger partial charge in [-0.3, -0.25) is 0 Å². The lowest BCUT2D eigenvalue weighted by Crippen LogP contribution is -2.17. The second kappa shape index (κ2) is 9.34. The summed E-state index contributed by atoms with van der Waals surface area (Å²) in [6, 6.07) is 52.6. The molecule has 0 spiro atoms. The molecule has 0 aromatic heterocycles. The Labute approximate surface area is 273 Å². The van der Waals surface area contributed by atoms with Gasteiger partial charge in [0.15, 0.2) is 0 Å². The molecule has 0 amide bonds. The highest BCUT2D eigenvalue weighted by Crippen LogP contribution is 2.53. The van der Waals surface area contributed by atoms with E-state index in [0.717, 1.165) is 38.6 Å². The summed E-state index contributed by atoms with van der Waals surface area (Å²) in [7, 11) is 0. The summed E-state index contributed by atoms with van der Waals surface area (Å²) in [4.78, 5) is 2.47. The number of phenols is 1. The van der Waals surface area contributed by atoms with Crippen LogP contribution in [0.1, 0.15) is 25.0 Å². The van der Waals surface area contributed by atoms with Crippen molar-refractivity contribution in [2.45, 2.75) is 19.3 Å². The summed E-state index contributed by atoms with van der Waals surface area (Å²) in [6.45, 7) is 4.73. The first kappa shape index (κ1) is 26.4. The molecule has 1 N–H and O–H groups in total. The van der Waals surface area contributed by atoms with Gasteiger partial charge in [0.2, 0.25) is 0 Å². The van der Waals surface area contributed by atoms with E-state index in [2.05, 4.69) is 146 Å². The second-order valence-electron chi connectivity index (χ2n) is 13.5. The van der Waals surface area contributed by atoms with Crippen LogP contribution < -0.4 is 4.90 Å². The fourth-order valence-electron chi connectivity index (χ4n) is 8.42. The van der Waals surface area contributed by atoms with Crippen LogP contribution in [0.25, 0.3) is 65.0 Å². The molecule has 0 radical (unpaired) electrons. The highest BCUT2D eigenvalue weighted by atomic mass is 16.3. The fourth-order valence-corrected chi connectivity index (χ4v) is 8.42. The minimum Gasteiger partial charge on any atom is -0.507 e. The lowest BCUT2D eigenvalue weighted by atomic mass is 9.81. The van der Waals surface area contributed by atoms with Gasteiger partial charge in [-0.2, -0.15) is 0 Å². The summed E-state index contributed by atoms with van der Waals surface area (Å²) in [5.41, 5.74) is 8.34. The van der Waals surface area contributed by atoms with Crippen molar-refractivity contribution in [2.24, 2.45) is 0 Å². The van der Waals surface area contributed by atoms with Crippen LogP contribution in [0.15, 0.2) is 146 Å². The number of anilines is 3. The molecule has 2 heteroatoms. The van der Waals surface area contributed by atoms with Crippen molar-refractivity contribution in [3.8, 4) is 16.9 Å². The van der Waals surface area contributed by atoms with E-state index >= 15 is 0 Å². The smallest absolute Gasteiger partial charge is 0.123 e. The highest BCUT2D eigenvalue weighted by molar-refractivity contribution is 6.27. The Kier molecular flexibility index (Phi) is 5.24. The van der Waals surface area contributed by atoms with Gasteiger partial charge in [-0.15, -0.1) is 0 Å². The summed E-state index contributed by atoms with van der Waals surface area (Å²) in [5, 5.41) is 22.8. The summed E-state index contributed by atoms with van der Waals surface area (Å²) < 4.78 is 0. The van der Waals surface area contributed by atoms with Gasteiger partial charge in [0.1, 0.15) is 5.75 Å². The zero-order valence-electron chi connectivity index (χ0n) is 26.3. The van der Waals surface area contributed by atoms with Crippen molar-refractivity contribution < 1.29 is 5.11 Å². The quantitative estimate of drug-likeness (QED) is 0.203. The van der Waals surface area contributed by atoms with Crippen molar-refractivity contribution in [3.05, 3.63) is 157 Å². The normalized spacial score (nSPS) is 13.6. The molecular formula is C45H31NO. The number of nitrogens with zero attached hydrogens (tertiary/aromatic N) is 1. The Morgan fingerprint density at radius 3 is 1.96 bits per heavy atom. The first-order valence-corrected chi connectivity index (χ1v) is 16.3. The number of hydrogen-bond acceptors (Lipinski definition) is 2. The molecule has 9 aromatic carbocycles. The molecule has 222 valence electrons. The molecule has 9 aromatic rings. The third-order valence-electron chi connectivity index (χ3n) is 10.6. The average Bonchev–Trinajstić information content (AvgIpc) is 3.35. The molecule has 0 saturated carbocycles. The van der Waals surface area contributed by atoms with E-state index in [0.29, 0.717) is 5.75 Å². The van der Waals surface area contributed by atoms with Crippen LogP contribution in [-0.2, 0) is 5.41 Å². The van der Waals surface area contributed by atoms with E-state index in [-0.39, 0.29) is 5.41 Å². The summed E-state index contributed by atoms with van der Waals surface area (Å²) in [5.74, 6) is 0.314. The maximum absolute atomic E-state index is 10.9. The largest absolute Gasteiger partial charge is 0.507 e. The minimum absolute atomic E-state index is 0.137. The van der Waals surface area contributed by atoms with E-state index in [1.54, 1.807) is 6.07 Å². The standard InChI is InChI=1S/C45H31NO/c1-45(2)36-13-8-11-28-15-16-31-25-32(26-37(45)44(31)43(28)36)46(38-14-7-6-12-33(38)27-9-4-3-5-10-27)39-23-19-29-18-22-35-40(47)24-20-30-17-21-34(39)41(29)42(30)35/h3-26,47H,1-2H3. The fraction of sp³-hybridized carbons (Fsp3) is 0.0667. The van der Waals surface area contributed by atoms with Gasteiger partial charge in [-0.05, 0) is 84.7 Å². The number of para-hydroxylation sites is 1. The van der Waals surface area contributed by atoms with E-state index in [1.807, 2.05) is 12.1 Å². The number of hydrogen-bond donors (Lipinski definition) is 1. The SMILES string of the molecule is CC1(C)c2cccc3ccc4cc(N(c5ccccc5-c5ccccc5)c5ccc6ccc7c(O)ccc8ccc5c6c87)cc1c4c23. The van der Waals surface area contributed by atoms with Gasteiger partial charge in [-0.25, -0.2) is 0 Å². The summed E-state index contributed by atoms with van der Waals surface area (Å²) in [6.07, 6.45) is 0. The van der Waals surface area contributed by atoms with E-state index in [4.69, 9.17) is 0 Å². The molecule has 10 rings (SSSR count). The Balaban J connectivity index is 1.33. The first-order chi connectivity index (χ1) is 23.0. The minimum atomic E-state index is -0.137. The lowest BCUT2D eigenvalue weighted by Gasteiger charge is -2.31. The molecule has 1 aliphatic carbocycles. The third kappa shape index (κ3) is 3.56. The predicted octanol–water partition coefficient (Wildman–Crippen LogP) is 12.4. The van der Waals surface area contributed by atoms with Crippen LogP contribution in [0.4, 0.5) is 17.1 Å².